The van der Waals surface area contributed by atoms with Crippen LogP contribution < -0.4 is 10.6 Å². The fraction of sp³-hybridized carbons (Fsp3) is 0.133. The molecule has 1 aliphatic heterocycles. The van der Waals surface area contributed by atoms with Crippen LogP contribution in [0.4, 0.5) is 5.69 Å². The van der Waals surface area contributed by atoms with E-state index in [9.17, 15) is 4.79 Å². The van der Waals surface area contributed by atoms with Crippen molar-refractivity contribution in [1.82, 2.24) is 0 Å². The molecule has 0 radical (unpaired) electrons. The van der Waals surface area contributed by atoms with Crippen molar-refractivity contribution >= 4 is 39.1 Å². The lowest BCUT2D eigenvalue weighted by Gasteiger charge is -2.45. The number of nitrogens with zero attached hydrogens (tertiary/aromatic N) is 1. The van der Waals surface area contributed by atoms with Crippen molar-refractivity contribution in [1.29, 1.82) is 0 Å². The Bertz CT molecular complexity index is 642. The Morgan fingerprint density at radius 1 is 1.05 bits per heavy atom. The maximum Gasteiger partial charge on any atom is 0.247 e. The Hall–Kier alpha value is -1.36. The van der Waals surface area contributed by atoms with Crippen molar-refractivity contribution < 1.29 is 4.79 Å². The van der Waals surface area contributed by atoms with E-state index < -0.39 is 6.04 Å². The first kappa shape index (κ1) is 13.6. The van der Waals surface area contributed by atoms with Crippen LogP contribution in [0, 0.1) is 0 Å². The molecule has 1 saturated heterocycles. The minimum Gasteiger partial charge on any atom is -0.318 e. The molecule has 1 fully saturated rings. The second kappa shape index (κ2) is 5.20. The third kappa shape index (κ3) is 2.24. The van der Waals surface area contributed by atoms with E-state index in [1.807, 2.05) is 36.4 Å². The van der Waals surface area contributed by atoms with Gasteiger partial charge in [0.05, 0.1) is 6.04 Å². The van der Waals surface area contributed by atoms with E-state index in [4.69, 9.17) is 17.3 Å². The van der Waals surface area contributed by atoms with Crippen molar-refractivity contribution in [2.45, 2.75) is 12.1 Å². The highest BCUT2D eigenvalue weighted by Gasteiger charge is 2.46. The van der Waals surface area contributed by atoms with Crippen molar-refractivity contribution in [3.05, 3.63) is 63.6 Å². The van der Waals surface area contributed by atoms with Crippen LogP contribution in [0.3, 0.4) is 0 Å². The van der Waals surface area contributed by atoms with Gasteiger partial charge in [-0.25, -0.2) is 0 Å². The molecule has 20 heavy (non-hydrogen) atoms. The lowest BCUT2D eigenvalue weighted by Crippen LogP contribution is -2.63. The second-order valence-corrected chi connectivity index (χ2v) is 6.06. The predicted molar refractivity (Wildman–Crippen MR) is 83.8 cm³/mol. The molecule has 3 rings (SSSR count). The lowest BCUT2D eigenvalue weighted by atomic mass is 9.88. The van der Waals surface area contributed by atoms with Crippen LogP contribution >= 0.6 is 27.5 Å². The van der Waals surface area contributed by atoms with Gasteiger partial charge in [-0.3, -0.25) is 4.79 Å². The number of benzene rings is 2. The molecule has 2 atom stereocenters. The van der Waals surface area contributed by atoms with Crippen LogP contribution in [-0.2, 0) is 4.79 Å². The summed E-state index contributed by atoms with van der Waals surface area (Å²) in [5.41, 5.74) is 7.80. The lowest BCUT2D eigenvalue weighted by molar-refractivity contribution is -0.126. The van der Waals surface area contributed by atoms with Gasteiger partial charge in [-0.2, -0.15) is 0 Å². The van der Waals surface area contributed by atoms with Crippen molar-refractivity contribution in [2.75, 3.05) is 4.90 Å². The zero-order valence-corrected chi connectivity index (χ0v) is 12.8. The number of halogens is 2. The topological polar surface area (TPSA) is 46.3 Å². The summed E-state index contributed by atoms with van der Waals surface area (Å²) < 4.78 is 0.999. The summed E-state index contributed by atoms with van der Waals surface area (Å²) in [5.74, 6) is -0.0692. The van der Waals surface area contributed by atoms with E-state index in [-0.39, 0.29) is 11.9 Å². The Morgan fingerprint density at radius 2 is 1.65 bits per heavy atom. The maximum atomic E-state index is 12.1. The van der Waals surface area contributed by atoms with Crippen molar-refractivity contribution in [3.63, 3.8) is 0 Å². The summed E-state index contributed by atoms with van der Waals surface area (Å²) in [5, 5.41) is 0.645. The number of β-lactam (4-membered cyclic amide) rings is 1. The van der Waals surface area contributed by atoms with E-state index in [0.29, 0.717) is 5.02 Å². The molecular weight excluding hydrogens is 340 g/mol. The van der Waals surface area contributed by atoms with Gasteiger partial charge in [-0.1, -0.05) is 39.7 Å². The van der Waals surface area contributed by atoms with Crippen molar-refractivity contribution in [3.8, 4) is 0 Å². The highest BCUT2D eigenvalue weighted by molar-refractivity contribution is 9.10. The number of hydrogen-bond acceptors (Lipinski definition) is 2. The van der Waals surface area contributed by atoms with Crippen LogP contribution in [0.1, 0.15) is 11.6 Å². The number of rotatable bonds is 2. The molecule has 0 saturated carbocycles. The first-order chi connectivity index (χ1) is 9.58. The summed E-state index contributed by atoms with van der Waals surface area (Å²) in [6, 6.07) is 14.4. The van der Waals surface area contributed by atoms with E-state index in [1.165, 1.54) is 0 Å². The zero-order chi connectivity index (χ0) is 14.3. The third-order valence-corrected chi connectivity index (χ3v) is 4.24. The van der Waals surface area contributed by atoms with Gasteiger partial charge >= 0.3 is 0 Å². The maximum absolute atomic E-state index is 12.1. The van der Waals surface area contributed by atoms with Gasteiger partial charge in [0.15, 0.2) is 0 Å². The quantitative estimate of drug-likeness (QED) is 0.842. The minimum absolute atomic E-state index is 0.0692. The molecule has 2 aromatic rings. The van der Waals surface area contributed by atoms with Crippen molar-refractivity contribution in [2.24, 2.45) is 5.73 Å². The normalized spacial score (nSPS) is 21.8. The Balaban J connectivity index is 1.95. The van der Waals surface area contributed by atoms with Gasteiger partial charge in [0.25, 0.3) is 0 Å². The first-order valence-corrected chi connectivity index (χ1v) is 7.35. The monoisotopic (exact) mass is 350 g/mol. The van der Waals surface area contributed by atoms with Gasteiger partial charge in [0.2, 0.25) is 5.91 Å². The van der Waals surface area contributed by atoms with Crippen LogP contribution in [0.5, 0.6) is 0 Å². The fourth-order valence-corrected chi connectivity index (χ4v) is 2.81. The SMILES string of the molecule is NC1C(=O)N(c2ccc(Cl)cc2)C1c1ccc(Br)cc1. The molecule has 3 nitrogen and oxygen atoms in total. The minimum atomic E-state index is -0.494. The average Bonchev–Trinajstić information content (AvgIpc) is 2.46. The third-order valence-electron chi connectivity index (χ3n) is 3.46. The zero-order valence-electron chi connectivity index (χ0n) is 10.5. The molecule has 2 unspecified atom stereocenters. The van der Waals surface area contributed by atoms with E-state index in [2.05, 4.69) is 15.9 Å². The molecule has 2 N–H and O–H groups in total. The molecule has 0 bridgehead atoms. The number of hydrogen-bond donors (Lipinski definition) is 1. The standard InChI is InChI=1S/C15H12BrClN2O/c16-10-3-1-9(2-4-10)14-13(18)15(20)19(14)12-7-5-11(17)6-8-12/h1-8,13-14H,18H2. The van der Waals surface area contributed by atoms with Gasteiger partial charge in [-0.05, 0) is 42.0 Å². The largest absolute Gasteiger partial charge is 0.318 e. The molecule has 0 spiro atoms. The summed E-state index contributed by atoms with van der Waals surface area (Å²) in [7, 11) is 0. The molecule has 2 aromatic carbocycles. The second-order valence-electron chi connectivity index (χ2n) is 4.71. The van der Waals surface area contributed by atoms with Crippen LogP contribution in [0.2, 0.25) is 5.02 Å². The number of carbonyl (C=O) groups is 1. The van der Waals surface area contributed by atoms with E-state index >= 15 is 0 Å². The summed E-state index contributed by atoms with van der Waals surface area (Å²) >= 11 is 9.28. The predicted octanol–water partition coefficient (Wildman–Crippen LogP) is 3.52. The molecule has 0 aromatic heterocycles. The highest BCUT2D eigenvalue weighted by atomic mass is 79.9. The summed E-state index contributed by atoms with van der Waals surface area (Å²) in [6.07, 6.45) is 0. The number of carbonyl (C=O) groups excluding carboxylic acids is 1. The number of nitrogens with two attached hydrogens (primary N) is 1. The van der Waals surface area contributed by atoms with Crippen LogP contribution in [0.15, 0.2) is 53.0 Å². The van der Waals surface area contributed by atoms with Gasteiger partial charge < -0.3 is 10.6 Å². The summed E-state index contributed by atoms with van der Waals surface area (Å²) in [4.78, 5) is 13.8. The van der Waals surface area contributed by atoms with E-state index in [0.717, 1.165) is 15.7 Å². The van der Waals surface area contributed by atoms with E-state index in [1.54, 1.807) is 17.0 Å². The molecule has 102 valence electrons. The van der Waals surface area contributed by atoms with Gasteiger partial charge in [0, 0.05) is 15.2 Å². The fourth-order valence-electron chi connectivity index (χ4n) is 2.42. The molecule has 5 heteroatoms. The Kier molecular flexibility index (Phi) is 3.54. The number of amides is 1. The average molecular weight is 352 g/mol. The molecule has 0 aliphatic carbocycles. The number of anilines is 1. The van der Waals surface area contributed by atoms with Gasteiger partial charge in [0.1, 0.15) is 6.04 Å². The van der Waals surface area contributed by atoms with Crippen LogP contribution in [0.25, 0.3) is 0 Å². The van der Waals surface area contributed by atoms with Gasteiger partial charge in [-0.15, -0.1) is 0 Å². The summed E-state index contributed by atoms with van der Waals surface area (Å²) in [6.45, 7) is 0. The Morgan fingerprint density at radius 3 is 2.25 bits per heavy atom. The molecule has 1 amide bonds. The first-order valence-electron chi connectivity index (χ1n) is 6.17. The molecular formula is C15H12BrClN2O. The smallest absolute Gasteiger partial charge is 0.247 e. The Labute approximate surface area is 130 Å². The molecule has 1 aliphatic rings. The molecule has 1 heterocycles. The van der Waals surface area contributed by atoms with Crippen LogP contribution in [-0.4, -0.2) is 11.9 Å². The highest BCUT2D eigenvalue weighted by Crippen LogP contribution is 2.38.